The first kappa shape index (κ1) is 13.1. The lowest BCUT2D eigenvalue weighted by molar-refractivity contribution is -0.122. The van der Waals surface area contributed by atoms with E-state index in [1.165, 1.54) is 10.6 Å². The lowest BCUT2D eigenvalue weighted by atomic mass is 10.1. The number of amides is 1. The maximum atomic E-state index is 11.9. The van der Waals surface area contributed by atoms with Crippen molar-refractivity contribution in [1.29, 1.82) is 0 Å². The summed E-state index contributed by atoms with van der Waals surface area (Å²) in [4.78, 5) is 23.4. The lowest BCUT2D eigenvalue weighted by Gasteiger charge is -2.14. The monoisotopic (exact) mass is 256 g/mol. The molecule has 0 spiro atoms. The first-order valence-corrected chi connectivity index (χ1v) is 6.16. The Hall–Kier alpha value is -2.36. The molecule has 0 saturated heterocycles. The van der Waals surface area contributed by atoms with Crippen LogP contribution in [0.1, 0.15) is 18.5 Å². The molecule has 4 heteroatoms. The molecule has 1 aromatic carbocycles. The number of rotatable bonds is 4. The molecule has 0 aliphatic heterocycles. The molecule has 0 aliphatic rings. The molecule has 2 rings (SSSR count). The Labute approximate surface area is 111 Å². The van der Waals surface area contributed by atoms with E-state index in [1.807, 2.05) is 37.3 Å². The largest absolute Gasteiger partial charge is 0.348 e. The van der Waals surface area contributed by atoms with Crippen LogP contribution in [0.3, 0.4) is 0 Å². The predicted molar refractivity (Wildman–Crippen MR) is 73.7 cm³/mol. The van der Waals surface area contributed by atoms with E-state index < -0.39 is 0 Å². The number of carbonyl (C=O) groups is 1. The third-order valence-electron chi connectivity index (χ3n) is 2.89. The molecule has 0 bridgehead atoms. The van der Waals surface area contributed by atoms with Gasteiger partial charge in [-0.15, -0.1) is 0 Å². The average Bonchev–Trinajstić information content (AvgIpc) is 2.42. The fraction of sp³-hybridized carbons (Fsp3) is 0.200. The number of hydrogen-bond acceptors (Lipinski definition) is 2. The summed E-state index contributed by atoms with van der Waals surface area (Å²) in [5, 5.41) is 2.87. The molecule has 1 heterocycles. The first-order chi connectivity index (χ1) is 9.16. The van der Waals surface area contributed by atoms with Gasteiger partial charge in [-0.1, -0.05) is 36.4 Å². The minimum atomic E-state index is -0.176. The molecule has 98 valence electrons. The van der Waals surface area contributed by atoms with Gasteiger partial charge in [0.2, 0.25) is 5.91 Å². The van der Waals surface area contributed by atoms with Crippen LogP contribution in [0.15, 0.2) is 59.5 Å². The molecule has 1 unspecified atom stereocenters. The van der Waals surface area contributed by atoms with Crippen molar-refractivity contribution < 1.29 is 4.79 Å². The standard InChI is InChI=1S/C15H16N2O2/c1-12(13-7-3-2-4-8-13)16-14(18)11-17-10-6-5-9-15(17)19/h2-10,12H,11H2,1H3,(H,16,18). The highest BCUT2D eigenvalue weighted by atomic mass is 16.2. The molecule has 0 radical (unpaired) electrons. The maximum absolute atomic E-state index is 11.9. The van der Waals surface area contributed by atoms with Gasteiger partial charge in [0.15, 0.2) is 0 Å². The second kappa shape index (κ2) is 6.00. The molecule has 2 aromatic rings. The Morgan fingerprint density at radius 2 is 1.84 bits per heavy atom. The van der Waals surface area contributed by atoms with Crippen molar-refractivity contribution in [3.05, 3.63) is 70.6 Å². The summed E-state index contributed by atoms with van der Waals surface area (Å²) in [6.45, 7) is 1.96. The highest BCUT2D eigenvalue weighted by molar-refractivity contribution is 5.76. The average molecular weight is 256 g/mol. The molecule has 0 fully saturated rings. The van der Waals surface area contributed by atoms with Gasteiger partial charge in [-0.2, -0.15) is 0 Å². The van der Waals surface area contributed by atoms with E-state index in [9.17, 15) is 9.59 Å². The number of pyridine rings is 1. The zero-order chi connectivity index (χ0) is 13.7. The van der Waals surface area contributed by atoms with Crippen LogP contribution in [-0.2, 0) is 11.3 Å². The Bertz CT molecular complexity index is 605. The fourth-order valence-corrected chi connectivity index (χ4v) is 1.86. The molecule has 1 aromatic heterocycles. The highest BCUT2D eigenvalue weighted by Gasteiger charge is 2.09. The van der Waals surface area contributed by atoms with Gasteiger partial charge >= 0.3 is 0 Å². The topological polar surface area (TPSA) is 51.1 Å². The van der Waals surface area contributed by atoms with Crippen molar-refractivity contribution in [2.45, 2.75) is 19.5 Å². The van der Waals surface area contributed by atoms with Gasteiger partial charge in [0.1, 0.15) is 6.54 Å². The number of carbonyl (C=O) groups excluding carboxylic acids is 1. The Morgan fingerprint density at radius 3 is 2.53 bits per heavy atom. The predicted octanol–water partition coefficient (Wildman–Crippen LogP) is 1.73. The van der Waals surface area contributed by atoms with Crippen LogP contribution in [0.5, 0.6) is 0 Å². The van der Waals surface area contributed by atoms with Gasteiger partial charge in [0, 0.05) is 12.3 Å². The van der Waals surface area contributed by atoms with Crippen LogP contribution in [-0.4, -0.2) is 10.5 Å². The van der Waals surface area contributed by atoms with E-state index in [4.69, 9.17) is 0 Å². The van der Waals surface area contributed by atoms with Crippen molar-refractivity contribution >= 4 is 5.91 Å². The van der Waals surface area contributed by atoms with Gasteiger partial charge in [0.05, 0.1) is 6.04 Å². The van der Waals surface area contributed by atoms with Crippen LogP contribution < -0.4 is 10.9 Å². The first-order valence-electron chi connectivity index (χ1n) is 6.16. The van der Waals surface area contributed by atoms with Gasteiger partial charge < -0.3 is 9.88 Å². The molecule has 1 amide bonds. The van der Waals surface area contributed by atoms with E-state index in [2.05, 4.69) is 5.32 Å². The van der Waals surface area contributed by atoms with E-state index in [-0.39, 0.29) is 24.1 Å². The van der Waals surface area contributed by atoms with Crippen molar-refractivity contribution in [2.75, 3.05) is 0 Å². The van der Waals surface area contributed by atoms with Gasteiger partial charge in [-0.05, 0) is 18.6 Å². The molecule has 0 saturated carbocycles. The second-order valence-corrected chi connectivity index (χ2v) is 4.37. The zero-order valence-electron chi connectivity index (χ0n) is 10.7. The summed E-state index contributed by atoms with van der Waals surface area (Å²) < 4.78 is 1.38. The summed E-state index contributed by atoms with van der Waals surface area (Å²) in [5.74, 6) is -0.176. The Morgan fingerprint density at radius 1 is 1.16 bits per heavy atom. The van der Waals surface area contributed by atoms with Crippen molar-refractivity contribution in [3.63, 3.8) is 0 Å². The SMILES string of the molecule is CC(NC(=O)Cn1ccccc1=O)c1ccccc1. The summed E-state index contributed by atoms with van der Waals surface area (Å²) in [7, 11) is 0. The van der Waals surface area contributed by atoms with Crippen molar-refractivity contribution in [3.8, 4) is 0 Å². The quantitative estimate of drug-likeness (QED) is 0.905. The second-order valence-electron chi connectivity index (χ2n) is 4.37. The Balaban J connectivity index is 1.99. The van der Waals surface area contributed by atoms with Gasteiger partial charge in [-0.3, -0.25) is 9.59 Å². The maximum Gasteiger partial charge on any atom is 0.250 e. The third kappa shape index (κ3) is 3.55. The number of hydrogen-bond donors (Lipinski definition) is 1. The van der Waals surface area contributed by atoms with E-state index in [0.29, 0.717) is 0 Å². The van der Waals surface area contributed by atoms with Crippen LogP contribution in [0.4, 0.5) is 0 Å². The van der Waals surface area contributed by atoms with Crippen LogP contribution >= 0.6 is 0 Å². The summed E-state index contributed by atoms with van der Waals surface area (Å²) >= 11 is 0. The normalized spacial score (nSPS) is 11.8. The molecule has 1 atom stereocenters. The molecule has 1 N–H and O–H groups in total. The zero-order valence-corrected chi connectivity index (χ0v) is 10.7. The molecular weight excluding hydrogens is 240 g/mol. The molecular formula is C15H16N2O2. The number of nitrogens with one attached hydrogen (secondary N) is 1. The van der Waals surface area contributed by atoms with E-state index in [1.54, 1.807) is 18.3 Å². The third-order valence-corrected chi connectivity index (χ3v) is 2.89. The van der Waals surface area contributed by atoms with Crippen molar-refractivity contribution in [1.82, 2.24) is 9.88 Å². The summed E-state index contributed by atoms with van der Waals surface area (Å²) in [6, 6.07) is 14.5. The fourth-order valence-electron chi connectivity index (χ4n) is 1.86. The van der Waals surface area contributed by atoms with Gasteiger partial charge in [0.25, 0.3) is 5.56 Å². The number of aromatic nitrogens is 1. The van der Waals surface area contributed by atoms with Crippen LogP contribution in [0, 0.1) is 0 Å². The highest BCUT2D eigenvalue weighted by Crippen LogP contribution is 2.10. The molecule has 0 aliphatic carbocycles. The molecule has 4 nitrogen and oxygen atoms in total. The summed E-state index contributed by atoms with van der Waals surface area (Å²) in [6.07, 6.45) is 1.61. The van der Waals surface area contributed by atoms with Crippen LogP contribution in [0.2, 0.25) is 0 Å². The van der Waals surface area contributed by atoms with Gasteiger partial charge in [-0.25, -0.2) is 0 Å². The summed E-state index contributed by atoms with van der Waals surface area (Å²) in [5.41, 5.74) is 0.862. The molecule has 19 heavy (non-hydrogen) atoms. The number of benzene rings is 1. The van der Waals surface area contributed by atoms with Crippen molar-refractivity contribution in [2.24, 2.45) is 0 Å². The smallest absolute Gasteiger partial charge is 0.250 e. The van der Waals surface area contributed by atoms with Crippen LogP contribution in [0.25, 0.3) is 0 Å². The lowest BCUT2D eigenvalue weighted by Crippen LogP contribution is -2.33. The minimum Gasteiger partial charge on any atom is -0.348 e. The Kier molecular flexibility index (Phi) is 4.13. The minimum absolute atomic E-state index is 0.0385. The number of nitrogens with zero attached hydrogens (tertiary/aromatic N) is 1. The van der Waals surface area contributed by atoms with E-state index >= 15 is 0 Å². The van der Waals surface area contributed by atoms with E-state index in [0.717, 1.165) is 5.56 Å².